The SMILES string of the molecule is O=C(CSc1nnc(C[C@H]2CCS(=O)(=O)C2)o1)c1ccc2c(c1)CCCC2. The Morgan fingerprint density at radius 2 is 2.00 bits per heavy atom. The highest BCUT2D eigenvalue weighted by atomic mass is 32.2. The first-order valence-corrected chi connectivity index (χ1v) is 12.1. The third-order valence-electron chi connectivity index (χ3n) is 5.24. The number of Topliss-reactive ketones (excluding diaryl/α,β-unsaturated/α-hetero) is 1. The van der Waals surface area contributed by atoms with Crippen LogP contribution in [0.25, 0.3) is 0 Å². The first-order valence-electron chi connectivity index (χ1n) is 9.29. The molecule has 1 aliphatic carbocycles. The van der Waals surface area contributed by atoms with E-state index in [1.807, 2.05) is 12.1 Å². The molecule has 2 aromatic rings. The van der Waals surface area contributed by atoms with Gasteiger partial charge in [-0.05, 0) is 55.2 Å². The summed E-state index contributed by atoms with van der Waals surface area (Å²) < 4.78 is 28.6. The van der Waals surface area contributed by atoms with Crippen molar-refractivity contribution in [2.75, 3.05) is 17.3 Å². The largest absolute Gasteiger partial charge is 0.416 e. The molecule has 6 nitrogen and oxygen atoms in total. The molecule has 2 aliphatic rings. The number of carbonyl (C=O) groups excluding carboxylic acids is 1. The molecule has 1 saturated heterocycles. The van der Waals surface area contributed by atoms with Gasteiger partial charge in [-0.15, -0.1) is 10.2 Å². The number of hydrogen-bond acceptors (Lipinski definition) is 7. The predicted octanol–water partition coefficient (Wildman–Crippen LogP) is 2.90. The number of hydrogen-bond donors (Lipinski definition) is 0. The Morgan fingerprint density at radius 1 is 1.19 bits per heavy atom. The van der Waals surface area contributed by atoms with Gasteiger partial charge in [-0.25, -0.2) is 8.42 Å². The molecule has 2 heterocycles. The highest BCUT2D eigenvalue weighted by Crippen LogP contribution is 2.26. The molecule has 0 unspecified atom stereocenters. The second-order valence-corrected chi connectivity index (χ2v) is 10.5. The Morgan fingerprint density at radius 3 is 2.78 bits per heavy atom. The minimum absolute atomic E-state index is 0.0467. The van der Waals surface area contributed by atoms with Gasteiger partial charge in [0.05, 0.1) is 17.3 Å². The quantitative estimate of drug-likeness (QED) is 0.538. The molecule has 1 aromatic carbocycles. The lowest BCUT2D eigenvalue weighted by Gasteiger charge is -2.16. The van der Waals surface area contributed by atoms with Crippen molar-refractivity contribution in [1.82, 2.24) is 10.2 Å². The summed E-state index contributed by atoms with van der Waals surface area (Å²) in [6.07, 6.45) is 5.68. The number of fused-ring (bicyclic) bond motifs is 1. The molecular weight excluding hydrogens is 384 g/mol. The lowest BCUT2D eigenvalue weighted by atomic mass is 9.90. The second kappa shape index (κ2) is 7.75. The molecule has 144 valence electrons. The average molecular weight is 407 g/mol. The van der Waals surface area contributed by atoms with Crippen molar-refractivity contribution in [3.8, 4) is 0 Å². The molecule has 1 aliphatic heterocycles. The predicted molar refractivity (Wildman–Crippen MR) is 103 cm³/mol. The van der Waals surface area contributed by atoms with Crippen LogP contribution in [0.5, 0.6) is 0 Å². The van der Waals surface area contributed by atoms with Crippen molar-refractivity contribution in [1.29, 1.82) is 0 Å². The van der Waals surface area contributed by atoms with E-state index in [9.17, 15) is 13.2 Å². The summed E-state index contributed by atoms with van der Waals surface area (Å²) in [5, 5.41) is 8.33. The summed E-state index contributed by atoms with van der Waals surface area (Å²) in [6, 6.07) is 6.01. The molecule has 4 rings (SSSR count). The summed E-state index contributed by atoms with van der Waals surface area (Å²) in [6.45, 7) is 0. The third kappa shape index (κ3) is 4.60. The Labute approximate surface area is 163 Å². The van der Waals surface area contributed by atoms with Gasteiger partial charge in [-0.2, -0.15) is 0 Å². The summed E-state index contributed by atoms with van der Waals surface area (Å²) >= 11 is 1.23. The average Bonchev–Trinajstić information content (AvgIpc) is 3.25. The van der Waals surface area contributed by atoms with Crippen molar-refractivity contribution < 1.29 is 17.6 Å². The zero-order valence-corrected chi connectivity index (χ0v) is 16.7. The van der Waals surface area contributed by atoms with Gasteiger partial charge in [0, 0.05) is 12.0 Å². The van der Waals surface area contributed by atoms with Crippen LogP contribution in [0.1, 0.15) is 46.6 Å². The van der Waals surface area contributed by atoms with Crippen molar-refractivity contribution in [3.05, 3.63) is 40.8 Å². The fraction of sp³-hybridized carbons (Fsp3) is 0.526. The third-order valence-corrected chi connectivity index (χ3v) is 7.89. The molecule has 8 heteroatoms. The Balaban J connectivity index is 1.32. The first kappa shape index (κ1) is 18.7. The number of ketones is 1. The molecule has 0 bridgehead atoms. The number of aromatic nitrogens is 2. The van der Waals surface area contributed by atoms with E-state index in [4.69, 9.17) is 4.42 Å². The number of nitrogens with zero attached hydrogens (tertiary/aromatic N) is 2. The van der Waals surface area contributed by atoms with Crippen LogP contribution in [0, 0.1) is 5.92 Å². The van der Waals surface area contributed by atoms with E-state index < -0.39 is 9.84 Å². The lowest BCUT2D eigenvalue weighted by molar-refractivity contribution is 0.102. The van der Waals surface area contributed by atoms with Gasteiger partial charge in [-0.3, -0.25) is 4.79 Å². The number of carbonyl (C=O) groups is 1. The number of thioether (sulfide) groups is 1. The highest BCUT2D eigenvalue weighted by molar-refractivity contribution is 7.99. The minimum Gasteiger partial charge on any atom is -0.416 e. The van der Waals surface area contributed by atoms with Crippen LogP contribution < -0.4 is 0 Å². The maximum absolute atomic E-state index is 12.5. The van der Waals surface area contributed by atoms with E-state index in [2.05, 4.69) is 16.3 Å². The van der Waals surface area contributed by atoms with Gasteiger partial charge in [0.25, 0.3) is 5.22 Å². The summed E-state index contributed by atoms with van der Waals surface area (Å²) in [5.74, 6) is 1.22. The number of rotatable bonds is 6. The zero-order chi connectivity index (χ0) is 18.9. The Bertz CT molecular complexity index is 952. The maximum Gasteiger partial charge on any atom is 0.277 e. The van der Waals surface area contributed by atoms with Crippen molar-refractivity contribution >= 4 is 27.4 Å². The first-order chi connectivity index (χ1) is 13.0. The fourth-order valence-corrected chi connectivity index (χ4v) is 6.31. The Kier molecular flexibility index (Phi) is 5.36. The van der Waals surface area contributed by atoms with E-state index in [1.165, 1.54) is 35.7 Å². The normalized spacial score (nSPS) is 21.1. The molecule has 0 spiro atoms. The van der Waals surface area contributed by atoms with Gasteiger partial charge in [-0.1, -0.05) is 23.9 Å². The molecule has 0 radical (unpaired) electrons. The number of aryl methyl sites for hydroxylation is 2. The maximum atomic E-state index is 12.5. The fourth-order valence-electron chi connectivity index (χ4n) is 3.78. The molecule has 1 atom stereocenters. The Hall–Kier alpha value is -1.67. The van der Waals surface area contributed by atoms with E-state index in [-0.39, 0.29) is 29.0 Å². The molecule has 1 fully saturated rings. The zero-order valence-electron chi connectivity index (χ0n) is 15.0. The summed E-state index contributed by atoms with van der Waals surface area (Å²) in [5.41, 5.74) is 3.39. The smallest absolute Gasteiger partial charge is 0.277 e. The second-order valence-electron chi connectivity index (χ2n) is 7.34. The van der Waals surface area contributed by atoms with Gasteiger partial charge in [0.2, 0.25) is 5.89 Å². The molecule has 27 heavy (non-hydrogen) atoms. The lowest BCUT2D eigenvalue weighted by Crippen LogP contribution is -2.07. The minimum atomic E-state index is -2.91. The molecule has 0 amide bonds. The monoisotopic (exact) mass is 406 g/mol. The van der Waals surface area contributed by atoms with Crippen LogP contribution in [0.4, 0.5) is 0 Å². The van der Waals surface area contributed by atoms with Gasteiger partial charge in [0.15, 0.2) is 15.6 Å². The van der Waals surface area contributed by atoms with Crippen LogP contribution in [0.15, 0.2) is 27.8 Å². The van der Waals surface area contributed by atoms with E-state index in [0.717, 1.165) is 18.4 Å². The van der Waals surface area contributed by atoms with Crippen LogP contribution in [0.3, 0.4) is 0 Å². The standard InChI is InChI=1S/C19H22N2O4S2/c22-17(16-6-5-14-3-1-2-4-15(14)10-16)11-26-19-21-20-18(25-19)9-13-7-8-27(23,24)12-13/h5-6,10,13H,1-4,7-9,11-12H2/t13-/m1/s1. The summed E-state index contributed by atoms with van der Waals surface area (Å²) in [4.78, 5) is 12.5. The van der Waals surface area contributed by atoms with E-state index in [1.54, 1.807) is 0 Å². The van der Waals surface area contributed by atoms with E-state index >= 15 is 0 Å². The topological polar surface area (TPSA) is 90.1 Å². The van der Waals surface area contributed by atoms with Crippen LogP contribution >= 0.6 is 11.8 Å². The van der Waals surface area contributed by atoms with Gasteiger partial charge >= 0.3 is 0 Å². The van der Waals surface area contributed by atoms with Crippen LogP contribution in [-0.2, 0) is 29.1 Å². The number of sulfone groups is 1. The number of benzene rings is 1. The van der Waals surface area contributed by atoms with E-state index in [0.29, 0.717) is 24.0 Å². The molecular formula is C19H22N2O4S2. The summed E-state index contributed by atoms with van der Waals surface area (Å²) in [7, 11) is -2.91. The molecule has 1 aromatic heterocycles. The highest BCUT2D eigenvalue weighted by Gasteiger charge is 2.29. The van der Waals surface area contributed by atoms with Crippen LogP contribution in [0.2, 0.25) is 0 Å². The van der Waals surface area contributed by atoms with Gasteiger partial charge < -0.3 is 4.42 Å². The van der Waals surface area contributed by atoms with Crippen molar-refractivity contribution in [3.63, 3.8) is 0 Å². The van der Waals surface area contributed by atoms with Crippen LogP contribution in [-0.4, -0.2) is 41.7 Å². The van der Waals surface area contributed by atoms with Gasteiger partial charge in [0.1, 0.15) is 0 Å². The molecule has 0 N–H and O–H groups in total. The molecule has 0 saturated carbocycles. The van der Waals surface area contributed by atoms with Crippen molar-refractivity contribution in [2.45, 2.75) is 43.7 Å². The van der Waals surface area contributed by atoms with Crippen molar-refractivity contribution in [2.24, 2.45) is 5.92 Å².